The molecule has 17 heavy (non-hydrogen) atoms. The zero-order valence-electron chi connectivity index (χ0n) is 10.5. The number of phenolic OH excluding ortho intramolecular Hbond substituents is 1. The maximum absolute atomic E-state index is 11.6. The molecule has 0 aliphatic carbocycles. The number of alkyl halides is 1. The molecule has 2 rings (SSSR count). The van der Waals surface area contributed by atoms with E-state index >= 15 is 0 Å². The first kappa shape index (κ1) is 14.0. The molecule has 1 N–H and O–H groups in total. The van der Waals surface area contributed by atoms with Gasteiger partial charge in [0.2, 0.25) is 0 Å². The molecule has 1 aromatic carbocycles. The lowest BCUT2D eigenvalue weighted by Gasteiger charge is -2.11. The van der Waals surface area contributed by atoms with E-state index in [0.717, 1.165) is 13.0 Å². The van der Waals surface area contributed by atoms with Gasteiger partial charge >= 0.3 is 0 Å². The maximum Gasteiger partial charge on any atom is 0.115 e. The van der Waals surface area contributed by atoms with Crippen LogP contribution in [0.25, 0.3) is 0 Å². The number of nitrogens with zero attached hydrogens (tertiary/aromatic N) is 1. The van der Waals surface area contributed by atoms with Gasteiger partial charge in [-0.25, -0.2) is 0 Å². The number of phenols is 1. The van der Waals surface area contributed by atoms with Gasteiger partial charge in [0.15, 0.2) is 0 Å². The highest BCUT2D eigenvalue weighted by molar-refractivity contribution is 5.24. The Kier molecular flexibility index (Phi) is 6.63. The number of hydrogen-bond donors (Lipinski definition) is 1. The molecule has 0 spiro atoms. The number of halogens is 1. The Morgan fingerprint density at radius 3 is 2.24 bits per heavy atom. The van der Waals surface area contributed by atoms with Crippen LogP contribution in [0.4, 0.5) is 4.39 Å². The predicted octanol–water partition coefficient (Wildman–Crippen LogP) is 3.14. The molecular weight excluding hydrogens is 217 g/mol. The molecule has 0 radical (unpaired) electrons. The number of hydrogen-bond acceptors (Lipinski definition) is 2. The minimum absolute atomic E-state index is 0.156. The number of aryl methyl sites for hydroxylation is 1. The Hall–Kier alpha value is -1.09. The van der Waals surface area contributed by atoms with E-state index in [1.165, 1.54) is 31.5 Å². The van der Waals surface area contributed by atoms with Gasteiger partial charge in [0.05, 0.1) is 6.67 Å². The summed E-state index contributed by atoms with van der Waals surface area (Å²) >= 11 is 0. The molecule has 1 aliphatic heterocycles. The Labute approximate surface area is 103 Å². The average molecular weight is 239 g/mol. The lowest BCUT2D eigenvalue weighted by Crippen LogP contribution is -2.20. The van der Waals surface area contributed by atoms with Crippen LogP contribution >= 0.6 is 0 Å². The average Bonchev–Trinajstić information content (AvgIpc) is 2.84. The van der Waals surface area contributed by atoms with Gasteiger partial charge in [-0.05, 0) is 51.4 Å². The first-order chi connectivity index (χ1) is 8.22. The van der Waals surface area contributed by atoms with E-state index in [2.05, 4.69) is 4.90 Å². The van der Waals surface area contributed by atoms with Crippen molar-refractivity contribution in [2.45, 2.75) is 26.2 Å². The van der Waals surface area contributed by atoms with Crippen LogP contribution in [0.15, 0.2) is 24.3 Å². The zero-order chi connectivity index (χ0) is 12.5. The van der Waals surface area contributed by atoms with Crippen LogP contribution in [0.5, 0.6) is 5.75 Å². The summed E-state index contributed by atoms with van der Waals surface area (Å²) in [7, 11) is 0. The van der Waals surface area contributed by atoms with E-state index in [0.29, 0.717) is 5.75 Å². The summed E-state index contributed by atoms with van der Waals surface area (Å²) in [5, 5.41) is 8.76. The van der Waals surface area contributed by atoms with E-state index in [1.807, 2.05) is 19.1 Å². The van der Waals surface area contributed by atoms with Gasteiger partial charge in [0, 0.05) is 6.54 Å². The highest BCUT2D eigenvalue weighted by atomic mass is 19.1. The van der Waals surface area contributed by atoms with E-state index in [9.17, 15) is 4.39 Å². The van der Waals surface area contributed by atoms with Gasteiger partial charge in [-0.15, -0.1) is 0 Å². The van der Waals surface area contributed by atoms with Gasteiger partial charge < -0.3 is 10.0 Å². The molecule has 1 saturated heterocycles. The van der Waals surface area contributed by atoms with Crippen molar-refractivity contribution in [3.05, 3.63) is 29.8 Å². The standard InChI is InChI=1S/C7H14FN.C7H8O/c8-4-3-7-9-5-1-2-6-9;1-6-2-4-7(8)5-3-6/h1-7H2;2-5,8H,1H3. The van der Waals surface area contributed by atoms with E-state index < -0.39 is 0 Å². The third-order valence-corrected chi connectivity index (χ3v) is 2.84. The van der Waals surface area contributed by atoms with Crippen molar-refractivity contribution in [1.29, 1.82) is 0 Å². The minimum atomic E-state index is -0.156. The first-order valence-electron chi connectivity index (χ1n) is 6.26. The maximum atomic E-state index is 11.6. The molecule has 0 atom stereocenters. The highest BCUT2D eigenvalue weighted by Gasteiger charge is 2.09. The lowest BCUT2D eigenvalue weighted by atomic mass is 10.2. The van der Waals surface area contributed by atoms with Gasteiger partial charge in [-0.2, -0.15) is 0 Å². The van der Waals surface area contributed by atoms with Crippen LogP contribution in [-0.4, -0.2) is 36.3 Å². The van der Waals surface area contributed by atoms with Crippen LogP contribution < -0.4 is 0 Å². The van der Waals surface area contributed by atoms with Crippen LogP contribution in [0, 0.1) is 6.92 Å². The summed E-state index contributed by atoms with van der Waals surface area (Å²) < 4.78 is 11.6. The molecule has 0 unspecified atom stereocenters. The minimum Gasteiger partial charge on any atom is -0.508 e. The van der Waals surface area contributed by atoms with Crippen molar-refractivity contribution in [3.8, 4) is 5.75 Å². The molecule has 1 aromatic rings. The second kappa shape index (κ2) is 8.07. The number of likely N-dealkylation sites (tertiary alicyclic amines) is 1. The molecule has 0 bridgehead atoms. The van der Waals surface area contributed by atoms with Crippen LogP contribution in [0.1, 0.15) is 24.8 Å². The second-order valence-electron chi connectivity index (χ2n) is 4.43. The SMILES string of the molecule is Cc1ccc(O)cc1.FCCCN1CCCC1. The van der Waals surface area contributed by atoms with E-state index in [1.54, 1.807) is 12.1 Å². The summed E-state index contributed by atoms with van der Waals surface area (Å²) in [5.74, 6) is 0.329. The van der Waals surface area contributed by atoms with Gasteiger partial charge in [0.25, 0.3) is 0 Å². The molecule has 2 nitrogen and oxygen atoms in total. The summed E-state index contributed by atoms with van der Waals surface area (Å²) in [4.78, 5) is 2.33. The summed E-state index contributed by atoms with van der Waals surface area (Å²) in [6.45, 7) is 5.19. The fraction of sp³-hybridized carbons (Fsp3) is 0.571. The number of aromatic hydroxyl groups is 1. The molecule has 0 saturated carbocycles. The fourth-order valence-corrected chi connectivity index (χ4v) is 1.83. The van der Waals surface area contributed by atoms with Crippen LogP contribution in [0.3, 0.4) is 0 Å². The van der Waals surface area contributed by atoms with E-state index in [4.69, 9.17) is 5.11 Å². The smallest absolute Gasteiger partial charge is 0.115 e. The first-order valence-corrected chi connectivity index (χ1v) is 6.26. The topological polar surface area (TPSA) is 23.5 Å². The van der Waals surface area contributed by atoms with Crippen molar-refractivity contribution in [2.24, 2.45) is 0 Å². The van der Waals surface area contributed by atoms with Crippen LogP contribution in [0.2, 0.25) is 0 Å². The lowest BCUT2D eigenvalue weighted by molar-refractivity contribution is 0.312. The van der Waals surface area contributed by atoms with E-state index in [-0.39, 0.29) is 6.67 Å². The summed E-state index contributed by atoms with van der Waals surface area (Å²) in [6, 6.07) is 7.09. The highest BCUT2D eigenvalue weighted by Crippen LogP contribution is 2.07. The Balaban J connectivity index is 0.000000171. The molecule has 0 amide bonds. The van der Waals surface area contributed by atoms with Crippen molar-refractivity contribution in [3.63, 3.8) is 0 Å². The molecule has 0 aromatic heterocycles. The Morgan fingerprint density at radius 2 is 1.76 bits per heavy atom. The normalized spacial score (nSPS) is 15.4. The predicted molar refractivity (Wildman–Crippen MR) is 69.1 cm³/mol. The molecule has 96 valence electrons. The molecule has 1 fully saturated rings. The van der Waals surface area contributed by atoms with Crippen molar-refractivity contribution in [2.75, 3.05) is 26.3 Å². The third kappa shape index (κ3) is 6.27. The van der Waals surface area contributed by atoms with Crippen LogP contribution in [-0.2, 0) is 0 Å². The quantitative estimate of drug-likeness (QED) is 0.876. The zero-order valence-corrected chi connectivity index (χ0v) is 10.5. The molecule has 1 heterocycles. The largest absolute Gasteiger partial charge is 0.508 e. The Bertz CT molecular complexity index is 273. The van der Waals surface area contributed by atoms with Crippen molar-refractivity contribution in [1.82, 2.24) is 4.90 Å². The summed E-state index contributed by atoms with van der Waals surface area (Å²) in [6.07, 6.45) is 3.35. The molecule has 1 aliphatic rings. The van der Waals surface area contributed by atoms with Crippen molar-refractivity contribution >= 4 is 0 Å². The number of rotatable bonds is 3. The van der Waals surface area contributed by atoms with Gasteiger partial charge in [-0.1, -0.05) is 17.7 Å². The number of benzene rings is 1. The summed E-state index contributed by atoms with van der Waals surface area (Å²) in [5.41, 5.74) is 1.17. The third-order valence-electron chi connectivity index (χ3n) is 2.84. The van der Waals surface area contributed by atoms with Gasteiger partial charge in [-0.3, -0.25) is 4.39 Å². The molecular formula is C14H22FNO. The van der Waals surface area contributed by atoms with Gasteiger partial charge in [0.1, 0.15) is 5.75 Å². The fourth-order valence-electron chi connectivity index (χ4n) is 1.83. The second-order valence-corrected chi connectivity index (χ2v) is 4.43. The Morgan fingerprint density at radius 1 is 1.18 bits per heavy atom. The monoisotopic (exact) mass is 239 g/mol. The molecule has 3 heteroatoms. The van der Waals surface area contributed by atoms with Crippen molar-refractivity contribution < 1.29 is 9.50 Å².